The van der Waals surface area contributed by atoms with E-state index in [2.05, 4.69) is 68.0 Å². The van der Waals surface area contributed by atoms with Crippen LogP contribution in [0.15, 0.2) is 79.5 Å². The van der Waals surface area contributed by atoms with Crippen LogP contribution in [0.2, 0.25) is 0 Å². The number of aromatic nitrogens is 1. The quantitative estimate of drug-likeness (QED) is 0.462. The van der Waals surface area contributed by atoms with Gasteiger partial charge in [0.15, 0.2) is 0 Å². The Labute approximate surface area is 174 Å². The Morgan fingerprint density at radius 3 is 2.24 bits per heavy atom. The van der Waals surface area contributed by atoms with E-state index < -0.39 is 0 Å². The van der Waals surface area contributed by atoms with Gasteiger partial charge in [-0.2, -0.15) is 0 Å². The first kappa shape index (κ1) is 20.4. The molecule has 0 radical (unpaired) electrons. The van der Waals surface area contributed by atoms with Crippen LogP contribution in [0.3, 0.4) is 0 Å². The van der Waals surface area contributed by atoms with E-state index in [1.807, 2.05) is 37.3 Å². The van der Waals surface area contributed by atoms with E-state index in [9.17, 15) is 0 Å². The molecule has 2 aromatic carbocycles. The van der Waals surface area contributed by atoms with E-state index >= 15 is 0 Å². The number of nitrogens with zero attached hydrogens (tertiary/aromatic N) is 1. The minimum absolute atomic E-state index is 0.785. The lowest BCUT2D eigenvalue weighted by molar-refractivity contribution is 0.998. The lowest BCUT2D eigenvalue weighted by Gasteiger charge is -2.15. The third-order valence-electron chi connectivity index (χ3n) is 4.73. The summed E-state index contributed by atoms with van der Waals surface area (Å²) in [5, 5.41) is 6.65. The third kappa shape index (κ3) is 5.58. The number of rotatable bonds is 8. The van der Waals surface area contributed by atoms with Gasteiger partial charge >= 0.3 is 0 Å². The highest BCUT2D eigenvalue weighted by atomic mass is 14.9. The van der Waals surface area contributed by atoms with E-state index in [1.165, 1.54) is 11.1 Å². The lowest BCUT2D eigenvalue weighted by atomic mass is 9.99. The fourth-order valence-electron chi connectivity index (χ4n) is 3.40. The van der Waals surface area contributed by atoms with Gasteiger partial charge in [0.1, 0.15) is 0 Å². The fourth-order valence-corrected chi connectivity index (χ4v) is 3.40. The number of hydrogen-bond acceptors (Lipinski definition) is 3. The van der Waals surface area contributed by atoms with Crippen LogP contribution in [0, 0.1) is 6.92 Å². The molecule has 0 atom stereocenters. The summed E-state index contributed by atoms with van der Waals surface area (Å²) in [5.74, 6) is 0. The first-order valence-corrected chi connectivity index (χ1v) is 9.98. The predicted molar refractivity (Wildman–Crippen MR) is 125 cm³/mol. The maximum atomic E-state index is 4.73. The Balaban J connectivity index is 1.78. The van der Waals surface area contributed by atoms with Gasteiger partial charge in [-0.05, 0) is 67.8 Å². The van der Waals surface area contributed by atoms with Gasteiger partial charge in [0.25, 0.3) is 0 Å². The number of allylic oxidation sites excluding steroid dienone is 1. The Hall–Kier alpha value is -3.33. The van der Waals surface area contributed by atoms with Gasteiger partial charge in [0.2, 0.25) is 0 Å². The number of benzene rings is 2. The molecule has 2 N–H and O–H groups in total. The molecule has 3 rings (SSSR count). The molecule has 0 spiro atoms. The first-order chi connectivity index (χ1) is 13.9. The standard InChI is InChI=1S/C26H29N3/c1-6-21-15-19(4)28-25(16-21)17-22-9-7-8-10-26(22)20(5)29-24-13-11-23(12-14-24)27-18(2)3/h7-16,27,29H,2,5-6,17H2,1,3-4H3. The van der Waals surface area contributed by atoms with E-state index in [1.54, 1.807) is 0 Å². The van der Waals surface area contributed by atoms with Gasteiger partial charge in [0.05, 0.1) is 0 Å². The second-order valence-corrected chi connectivity index (χ2v) is 7.38. The van der Waals surface area contributed by atoms with Crippen LogP contribution in [0.4, 0.5) is 11.4 Å². The molecule has 0 aliphatic carbocycles. The zero-order valence-corrected chi connectivity index (χ0v) is 17.5. The fraction of sp³-hybridized carbons (Fsp3) is 0.192. The van der Waals surface area contributed by atoms with Crippen LogP contribution < -0.4 is 10.6 Å². The topological polar surface area (TPSA) is 37.0 Å². The van der Waals surface area contributed by atoms with Crippen molar-refractivity contribution in [2.75, 3.05) is 10.6 Å². The molecule has 1 aromatic heterocycles. The maximum Gasteiger partial charge on any atom is 0.0453 e. The SMILES string of the molecule is C=C(C)Nc1ccc(NC(=C)c2ccccc2Cc2cc(CC)cc(C)n2)cc1. The summed E-state index contributed by atoms with van der Waals surface area (Å²) < 4.78 is 0. The van der Waals surface area contributed by atoms with Gasteiger partial charge in [-0.25, -0.2) is 0 Å². The van der Waals surface area contributed by atoms with Gasteiger partial charge in [0, 0.05) is 46.1 Å². The molecule has 0 bridgehead atoms. The molecule has 0 saturated heterocycles. The van der Waals surface area contributed by atoms with Crippen molar-refractivity contribution in [2.45, 2.75) is 33.6 Å². The summed E-state index contributed by atoms with van der Waals surface area (Å²) in [6.45, 7) is 14.3. The smallest absolute Gasteiger partial charge is 0.0453 e. The van der Waals surface area contributed by atoms with Gasteiger partial charge < -0.3 is 10.6 Å². The lowest BCUT2D eigenvalue weighted by Crippen LogP contribution is -2.04. The van der Waals surface area contributed by atoms with Crippen molar-refractivity contribution >= 4 is 17.1 Å². The molecular formula is C26H29N3. The zero-order chi connectivity index (χ0) is 20.8. The summed E-state index contributed by atoms with van der Waals surface area (Å²) in [7, 11) is 0. The highest BCUT2D eigenvalue weighted by Crippen LogP contribution is 2.24. The van der Waals surface area contributed by atoms with Crippen LogP contribution in [-0.2, 0) is 12.8 Å². The summed E-state index contributed by atoms with van der Waals surface area (Å²) in [6, 6.07) is 20.9. The van der Waals surface area contributed by atoms with Gasteiger partial charge in [-0.1, -0.05) is 44.3 Å². The van der Waals surface area contributed by atoms with Crippen LogP contribution in [-0.4, -0.2) is 4.98 Å². The maximum absolute atomic E-state index is 4.73. The molecule has 0 aliphatic heterocycles. The summed E-state index contributed by atoms with van der Waals surface area (Å²) in [5.41, 5.74) is 9.62. The van der Waals surface area contributed by atoms with E-state index in [0.29, 0.717) is 0 Å². The third-order valence-corrected chi connectivity index (χ3v) is 4.73. The normalized spacial score (nSPS) is 10.4. The number of hydrogen-bond donors (Lipinski definition) is 2. The molecule has 0 unspecified atom stereocenters. The summed E-state index contributed by atoms with van der Waals surface area (Å²) >= 11 is 0. The molecular weight excluding hydrogens is 354 g/mol. The molecule has 0 fully saturated rings. The van der Waals surface area contributed by atoms with Crippen molar-refractivity contribution in [1.29, 1.82) is 0 Å². The largest absolute Gasteiger partial charge is 0.360 e. The van der Waals surface area contributed by atoms with Crippen molar-refractivity contribution in [1.82, 2.24) is 4.98 Å². The second-order valence-electron chi connectivity index (χ2n) is 7.38. The van der Waals surface area contributed by atoms with Crippen molar-refractivity contribution in [2.24, 2.45) is 0 Å². The van der Waals surface area contributed by atoms with Crippen LogP contribution in [0.25, 0.3) is 5.70 Å². The monoisotopic (exact) mass is 383 g/mol. The van der Waals surface area contributed by atoms with E-state index in [0.717, 1.165) is 52.6 Å². The van der Waals surface area contributed by atoms with Crippen LogP contribution >= 0.6 is 0 Å². The molecule has 3 nitrogen and oxygen atoms in total. The average Bonchev–Trinajstić information content (AvgIpc) is 2.69. The summed E-state index contributed by atoms with van der Waals surface area (Å²) in [6.07, 6.45) is 1.80. The van der Waals surface area contributed by atoms with Crippen molar-refractivity contribution in [3.63, 3.8) is 0 Å². The number of anilines is 2. The molecule has 29 heavy (non-hydrogen) atoms. The van der Waals surface area contributed by atoms with Gasteiger partial charge in [-0.15, -0.1) is 0 Å². The zero-order valence-electron chi connectivity index (χ0n) is 17.5. The van der Waals surface area contributed by atoms with Crippen molar-refractivity contribution in [3.8, 4) is 0 Å². The molecule has 3 aromatic rings. The molecule has 0 aliphatic rings. The summed E-state index contributed by atoms with van der Waals surface area (Å²) in [4.78, 5) is 4.73. The van der Waals surface area contributed by atoms with Crippen molar-refractivity contribution < 1.29 is 0 Å². The number of aryl methyl sites for hydroxylation is 2. The Kier molecular flexibility index (Phi) is 6.50. The highest BCUT2D eigenvalue weighted by molar-refractivity contribution is 5.77. The van der Waals surface area contributed by atoms with Gasteiger partial charge in [-0.3, -0.25) is 4.98 Å². The Morgan fingerprint density at radius 2 is 1.59 bits per heavy atom. The molecule has 148 valence electrons. The van der Waals surface area contributed by atoms with Crippen molar-refractivity contribution in [3.05, 3.63) is 108 Å². The predicted octanol–water partition coefficient (Wildman–Crippen LogP) is 6.57. The van der Waals surface area contributed by atoms with Crippen LogP contribution in [0.5, 0.6) is 0 Å². The molecule has 3 heteroatoms. The number of nitrogens with one attached hydrogen (secondary N) is 2. The minimum atomic E-state index is 0.785. The second kappa shape index (κ2) is 9.24. The minimum Gasteiger partial charge on any atom is -0.360 e. The molecule has 0 saturated carbocycles. The Bertz CT molecular complexity index is 1020. The Morgan fingerprint density at radius 1 is 0.931 bits per heavy atom. The van der Waals surface area contributed by atoms with E-state index in [-0.39, 0.29) is 0 Å². The molecule has 0 amide bonds. The first-order valence-electron chi connectivity index (χ1n) is 9.98. The highest BCUT2D eigenvalue weighted by Gasteiger charge is 2.09. The van der Waals surface area contributed by atoms with E-state index in [4.69, 9.17) is 4.98 Å². The van der Waals surface area contributed by atoms with Crippen LogP contribution in [0.1, 0.15) is 41.9 Å². The number of pyridine rings is 1. The molecule has 1 heterocycles. The average molecular weight is 384 g/mol.